The van der Waals surface area contributed by atoms with E-state index in [9.17, 15) is 35.9 Å². The fraction of sp³-hybridized carbons (Fsp3) is 0.462. The van der Waals surface area contributed by atoms with E-state index in [4.69, 9.17) is 9.47 Å². The van der Waals surface area contributed by atoms with Crippen LogP contribution in [0.4, 0.5) is 36.8 Å². The molecule has 0 saturated carbocycles. The van der Waals surface area contributed by atoms with Crippen LogP contribution in [0.1, 0.15) is 61.9 Å². The SMILES string of the molecule is COc1cccc2c1N(C(=O)OC(C)C)CCCC2N(Cc1cc(C(F)(F)F)cc(C(F)(F)F)c1)C(C)=O. The third-order valence-corrected chi connectivity index (χ3v) is 6.08. The molecule has 2 aromatic rings. The lowest BCUT2D eigenvalue weighted by Gasteiger charge is -2.33. The normalized spacial score (nSPS) is 16.1. The highest BCUT2D eigenvalue weighted by atomic mass is 19.4. The number of fused-ring (bicyclic) bond motifs is 1. The zero-order valence-corrected chi connectivity index (χ0v) is 21.2. The van der Waals surface area contributed by atoms with Gasteiger partial charge in [-0.1, -0.05) is 12.1 Å². The summed E-state index contributed by atoms with van der Waals surface area (Å²) in [5.74, 6) is -0.259. The highest BCUT2D eigenvalue weighted by Crippen LogP contribution is 2.43. The van der Waals surface area contributed by atoms with Crippen LogP contribution in [0.5, 0.6) is 5.75 Å². The van der Waals surface area contributed by atoms with Gasteiger partial charge in [0.15, 0.2) is 0 Å². The number of hydrogen-bond acceptors (Lipinski definition) is 4. The molecule has 38 heavy (non-hydrogen) atoms. The number of anilines is 1. The quantitative estimate of drug-likeness (QED) is 0.380. The minimum atomic E-state index is -5.02. The minimum Gasteiger partial charge on any atom is -0.495 e. The van der Waals surface area contributed by atoms with Gasteiger partial charge in [-0.2, -0.15) is 26.3 Å². The van der Waals surface area contributed by atoms with Gasteiger partial charge >= 0.3 is 18.4 Å². The predicted molar refractivity (Wildman–Crippen MR) is 127 cm³/mol. The number of methoxy groups -OCH3 is 1. The van der Waals surface area contributed by atoms with E-state index in [2.05, 4.69) is 0 Å². The third-order valence-electron chi connectivity index (χ3n) is 6.08. The molecule has 2 amide bonds. The number of nitrogens with zero attached hydrogens (tertiary/aromatic N) is 2. The van der Waals surface area contributed by atoms with Gasteiger partial charge in [0.1, 0.15) is 5.75 Å². The minimum absolute atomic E-state index is 0.0473. The van der Waals surface area contributed by atoms with Crippen LogP contribution in [0.15, 0.2) is 36.4 Å². The Balaban J connectivity index is 2.11. The van der Waals surface area contributed by atoms with Crippen LogP contribution in [0.2, 0.25) is 0 Å². The monoisotopic (exact) mass is 546 g/mol. The van der Waals surface area contributed by atoms with E-state index >= 15 is 0 Å². The molecule has 0 radical (unpaired) electrons. The van der Waals surface area contributed by atoms with Crippen molar-refractivity contribution in [1.29, 1.82) is 0 Å². The van der Waals surface area contributed by atoms with Crippen molar-refractivity contribution in [3.05, 3.63) is 58.7 Å². The fourth-order valence-electron chi connectivity index (χ4n) is 4.49. The summed E-state index contributed by atoms with van der Waals surface area (Å²) in [7, 11) is 1.39. The molecular weight excluding hydrogens is 518 g/mol. The average Bonchev–Trinajstić information content (AvgIpc) is 3.00. The fourth-order valence-corrected chi connectivity index (χ4v) is 4.49. The summed E-state index contributed by atoms with van der Waals surface area (Å²) in [5, 5.41) is 0. The van der Waals surface area contributed by atoms with Crippen LogP contribution >= 0.6 is 0 Å². The van der Waals surface area contributed by atoms with Gasteiger partial charge in [0.05, 0.1) is 36.1 Å². The van der Waals surface area contributed by atoms with Gasteiger partial charge < -0.3 is 14.4 Å². The van der Waals surface area contributed by atoms with Crippen molar-refractivity contribution in [2.75, 3.05) is 18.6 Å². The molecule has 1 unspecified atom stereocenters. The van der Waals surface area contributed by atoms with Crippen LogP contribution in [-0.4, -0.2) is 36.7 Å². The van der Waals surface area contributed by atoms with Crippen LogP contribution in [0.3, 0.4) is 0 Å². The van der Waals surface area contributed by atoms with Gasteiger partial charge in [-0.3, -0.25) is 9.69 Å². The van der Waals surface area contributed by atoms with E-state index in [-0.39, 0.29) is 24.6 Å². The summed E-state index contributed by atoms with van der Waals surface area (Å²) >= 11 is 0. The average molecular weight is 547 g/mol. The molecule has 0 aromatic heterocycles. The second kappa shape index (κ2) is 11.1. The van der Waals surface area contributed by atoms with Gasteiger partial charge in [-0.15, -0.1) is 0 Å². The molecule has 1 aliphatic heterocycles. The van der Waals surface area contributed by atoms with Gasteiger partial charge in [0.2, 0.25) is 5.91 Å². The topological polar surface area (TPSA) is 59.1 Å². The molecule has 1 atom stereocenters. The maximum Gasteiger partial charge on any atom is 0.416 e. The number of para-hydroxylation sites is 1. The first-order valence-corrected chi connectivity index (χ1v) is 11.8. The molecule has 208 valence electrons. The smallest absolute Gasteiger partial charge is 0.416 e. The Morgan fingerprint density at radius 2 is 1.66 bits per heavy atom. The number of carbonyl (C=O) groups is 2. The summed E-state index contributed by atoms with van der Waals surface area (Å²) < 4.78 is 91.3. The third kappa shape index (κ3) is 6.51. The second-order valence-corrected chi connectivity index (χ2v) is 9.20. The van der Waals surface area contributed by atoms with Crippen LogP contribution in [0, 0.1) is 0 Å². The predicted octanol–water partition coefficient (Wildman–Crippen LogP) is 6.97. The number of benzene rings is 2. The molecule has 0 saturated heterocycles. The maximum atomic E-state index is 13.4. The summed E-state index contributed by atoms with van der Waals surface area (Å²) in [6.07, 6.45) is -10.4. The molecule has 0 N–H and O–H groups in total. The molecular formula is C26H28F6N2O4. The largest absolute Gasteiger partial charge is 0.495 e. The number of carbonyl (C=O) groups excluding carboxylic acids is 2. The summed E-state index contributed by atoms with van der Waals surface area (Å²) in [6, 6.07) is 5.39. The van der Waals surface area contributed by atoms with Crippen molar-refractivity contribution < 1.29 is 45.4 Å². The molecule has 0 bridgehead atoms. The van der Waals surface area contributed by atoms with E-state index < -0.39 is 54.2 Å². The second-order valence-electron chi connectivity index (χ2n) is 9.20. The number of alkyl halides is 6. The molecule has 2 aromatic carbocycles. The summed E-state index contributed by atoms with van der Waals surface area (Å²) in [6.45, 7) is 4.24. The molecule has 1 heterocycles. The Morgan fingerprint density at radius 3 is 2.16 bits per heavy atom. The zero-order chi connectivity index (χ0) is 28.4. The van der Waals surface area contributed by atoms with Crippen LogP contribution in [-0.2, 0) is 28.4 Å². The lowest BCUT2D eigenvalue weighted by atomic mass is 9.97. The van der Waals surface area contributed by atoms with Crippen molar-refractivity contribution in [2.45, 2.75) is 64.7 Å². The zero-order valence-electron chi connectivity index (χ0n) is 21.2. The lowest BCUT2D eigenvalue weighted by Crippen LogP contribution is -2.35. The number of ether oxygens (including phenoxy) is 2. The van der Waals surface area contributed by atoms with Crippen molar-refractivity contribution in [3.8, 4) is 5.75 Å². The molecule has 3 rings (SSSR count). The first kappa shape index (κ1) is 29.1. The van der Waals surface area contributed by atoms with Crippen LogP contribution in [0.25, 0.3) is 0 Å². The van der Waals surface area contributed by atoms with Gasteiger partial charge in [0, 0.05) is 25.6 Å². The van der Waals surface area contributed by atoms with E-state index in [1.165, 1.54) is 23.8 Å². The van der Waals surface area contributed by atoms with Gasteiger partial charge in [-0.05, 0) is 56.5 Å². The molecule has 0 aliphatic carbocycles. The van der Waals surface area contributed by atoms with Crippen molar-refractivity contribution >= 4 is 17.7 Å². The Kier molecular flexibility index (Phi) is 8.52. The van der Waals surface area contributed by atoms with E-state index in [1.54, 1.807) is 32.0 Å². The van der Waals surface area contributed by atoms with E-state index in [0.29, 0.717) is 35.6 Å². The molecule has 6 nitrogen and oxygen atoms in total. The standard InChI is InChI=1S/C26H28F6N2O4/c1-15(2)38-24(36)33-10-6-8-21(20-7-5-9-22(37-4)23(20)33)34(16(3)35)14-17-11-18(25(27,28)29)13-19(12-17)26(30,31)32/h5,7,9,11-13,15,21H,6,8,10,14H2,1-4H3. The number of rotatable bonds is 5. The molecule has 0 spiro atoms. The Morgan fingerprint density at radius 1 is 1.05 bits per heavy atom. The Bertz CT molecular complexity index is 1150. The molecule has 0 fully saturated rings. The van der Waals surface area contributed by atoms with E-state index in [0.717, 1.165) is 0 Å². The molecule has 1 aliphatic rings. The number of halogens is 6. The van der Waals surface area contributed by atoms with Gasteiger partial charge in [0.25, 0.3) is 0 Å². The highest BCUT2D eigenvalue weighted by molar-refractivity contribution is 5.91. The van der Waals surface area contributed by atoms with Gasteiger partial charge in [-0.25, -0.2) is 4.79 Å². The van der Waals surface area contributed by atoms with Crippen molar-refractivity contribution in [1.82, 2.24) is 4.90 Å². The lowest BCUT2D eigenvalue weighted by molar-refractivity contribution is -0.143. The first-order valence-electron chi connectivity index (χ1n) is 11.8. The van der Waals surface area contributed by atoms with Crippen LogP contribution < -0.4 is 9.64 Å². The maximum absolute atomic E-state index is 13.4. The molecule has 12 heteroatoms. The van der Waals surface area contributed by atoms with Crippen molar-refractivity contribution in [2.24, 2.45) is 0 Å². The number of amides is 2. The summed E-state index contributed by atoms with van der Waals surface area (Å²) in [5.41, 5.74) is -2.46. The first-order chi connectivity index (χ1) is 17.6. The Hall–Kier alpha value is -3.44. The van der Waals surface area contributed by atoms with Crippen molar-refractivity contribution in [3.63, 3.8) is 0 Å². The number of hydrogen-bond donors (Lipinski definition) is 0. The van der Waals surface area contributed by atoms with E-state index in [1.807, 2.05) is 0 Å². The summed E-state index contributed by atoms with van der Waals surface area (Å²) in [4.78, 5) is 28.3. The highest BCUT2D eigenvalue weighted by Gasteiger charge is 2.38. The Labute approximate surface area is 216 Å².